The largest absolute Gasteiger partial charge is 0.437 e. The summed E-state index contributed by atoms with van der Waals surface area (Å²) in [5.74, 6) is -0.938. The fraction of sp³-hybridized carbons (Fsp3) is 0.375. The fourth-order valence-electron chi connectivity index (χ4n) is 3.64. The van der Waals surface area contributed by atoms with Gasteiger partial charge < -0.3 is 20.6 Å². The zero-order valence-electron chi connectivity index (χ0n) is 19.9. The molecule has 0 unspecified atom stereocenters. The molecule has 1 aliphatic carbocycles. The molecule has 1 aromatic carbocycles. The number of rotatable bonds is 8. The van der Waals surface area contributed by atoms with Crippen LogP contribution in [0, 0.1) is 16.7 Å². The van der Waals surface area contributed by atoms with Crippen LogP contribution in [-0.2, 0) is 5.67 Å². The van der Waals surface area contributed by atoms with E-state index in [4.69, 9.17) is 22.3 Å². The minimum absolute atomic E-state index is 0.0307. The van der Waals surface area contributed by atoms with Gasteiger partial charge in [0.1, 0.15) is 11.4 Å². The van der Waals surface area contributed by atoms with Crippen molar-refractivity contribution in [1.29, 1.82) is 10.7 Å². The first-order valence-electron chi connectivity index (χ1n) is 11.0. The van der Waals surface area contributed by atoms with Gasteiger partial charge in [-0.2, -0.15) is 31.6 Å². The average Bonchev–Trinajstić information content (AvgIpc) is 3.56. The predicted octanol–water partition coefficient (Wildman–Crippen LogP) is 6.90. The van der Waals surface area contributed by atoms with Crippen LogP contribution in [-0.4, -0.2) is 34.6 Å². The molecule has 0 aliphatic heterocycles. The summed E-state index contributed by atoms with van der Waals surface area (Å²) in [5, 5.41) is 21.9. The zero-order valence-corrected chi connectivity index (χ0v) is 20.6. The number of carbonyl (C=O) groups excluding carboxylic acids is 1. The first-order chi connectivity index (χ1) is 17.5. The molecule has 0 atom stereocenters. The van der Waals surface area contributed by atoms with Crippen LogP contribution in [0.25, 0.3) is 5.57 Å². The quantitative estimate of drug-likeness (QED) is 0.241. The number of anilines is 1. The minimum atomic E-state index is -6.26. The van der Waals surface area contributed by atoms with Gasteiger partial charge in [-0.15, -0.1) is 0 Å². The number of hydrogen-bond acceptors (Lipinski definition) is 4. The van der Waals surface area contributed by atoms with Crippen molar-refractivity contribution >= 4 is 35.1 Å². The maximum Gasteiger partial charge on any atom is 0.437 e. The summed E-state index contributed by atoms with van der Waals surface area (Å²) < 4.78 is 95.7. The Morgan fingerprint density at radius 1 is 1.11 bits per heavy atom. The van der Waals surface area contributed by atoms with Crippen LogP contribution < -0.4 is 10.6 Å². The molecule has 1 amide bonds. The molecule has 0 spiro atoms. The number of carbonyl (C=O) groups is 1. The molecule has 14 heteroatoms. The minimum Gasteiger partial charge on any atom is -0.347 e. The fourth-order valence-corrected chi connectivity index (χ4v) is 3.85. The van der Waals surface area contributed by atoms with E-state index in [9.17, 15) is 35.5 Å². The summed E-state index contributed by atoms with van der Waals surface area (Å²) >= 11 is 6.11. The molecule has 1 aliphatic rings. The third-order valence-corrected chi connectivity index (χ3v) is 6.07. The molecule has 1 heterocycles. The number of benzene rings is 1. The van der Waals surface area contributed by atoms with Gasteiger partial charge in [0.25, 0.3) is 5.91 Å². The molecule has 3 rings (SSSR count). The van der Waals surface area contributed by atoms with Crippen LogP contribution in [0.1, 0.15) is 54.3 Å². The monoisotopic (exact) mass is 563 g/mol. The van der Waals surface area contributed by atoms with Crippen molar-refractivity contribution < 1.29 is 35.5 Å². The lowest BCUT2D eigenvalue weighted by Gasteiger charge is -2.31. The third kappa shape index (κ3) is 5.50. The lowest BCUT2D eigenvalue weighted by atomic mass is 10.0. The summed E-state index contributed by atoms with van der Waals surface area (Å²) in [6.45, 7) is 2.92. The molecule has 2 aromatic rings. The lowest BCUT2D eigenvalue weighted by molar-refractivity contribution is -0.350. The molecular weight excluding hydrogens is 543 g/mol. The molecule has 1 aromatic heterocycles. The number of nitriles is 1. The highest BCUT2D eigenvalue weighted by atomic mass is 35.5. The highest BCUT2D eigenvalue weighted by molar-refractivity contribution is 6.34. The molecule has 0 saturated heterocycles. The number of amides is 1. The second-order valence-corrected chi connectivity index (χ2v) is 9.54. The van der Waals surface area contributed by atoms with E-state index in [-0.39, 0.29) is 40.4 Å². The lowest BCUT2D eigenvalue weighted by Crippen LogP contribution is -2.51. The normalized spacial score (nSPS) is 15.1. The molecule has 3 N–H and O–H groups in total. The maximum absolute atomic E-state index is 14.8. The van der Waals surface area contributed by atoms with E-state index in [0.29, 0.717) is 10.6 Å². The van der Waals surface area contributed by atoms with E-state index in [1.54, 1.807) is 0 Å². The predicted molar refractivity (Wildman–Crippen MR) is 127 cm³/mol. The van der Waals surface area contributed by atoms with E-state index in [0.717, 1.165) is 18.5 Å². The number of hydrogen-bond donors (Lipinski definition) is 3. The zero-order chi connectivity index (χ0) is 28.7. The number of nitrogens with one attached hydrogen (secondary N) is 3. The van der Waals surface area contributed by atoms with E-state index in [1.807, 2.05) is 6.07 Å². The Hall–Kier alpha value is -3.53. The van der Waals surface area contributed by atoms with Crippen molar-refractivity contribution in [3.05, 3.63) is 58.4 Å². The van der Waals surface area contributed by atoms with Crippen LogP contribution in [0.5, 0.6) is 0 Å². The summed E-state index contributed by atoms with van der Waals surface area (Å²) in [7, 11) is 0. The topological polar surface area (TPSA) is 93.7 Å². The first kappa shape index (κ1) is 29.0. The van der Waals surface area contributed by atoms with Crippen LogP contribution in [0.3, 0.4) is 0 Å². The standard InChI is InChI=1S/C24H21ClF7N5O/c1-21(2,12-34)36-20(38)16-9-13(3-6-17(16)25)14(10-33)11-35-19-8-7-18(37(19)15-4-5-15)22(26,23(27,28)29)24(30,31)32/h3,6-11,15,33,35H,4-5H2,1-2H3,(H,36,38)/b14-11+,33-10?. The summed E-state index contributed by atoms with van der Waals surface area (Å²) in [6, 6.07) is 6.51. The van der Waals surface area contributed by atoms with Crippen molar-refractivity contribution in [3.8, 4) is 6.07 Å². The Morgan fingerprint density at radius 3 is 2.21 bits per heavy atom. The van der Waals surface area contributed by atoms with Crippen molar-refractivity contribution in [2.45, 2.75) is 56.3 Å². The van der Waals surface area contributed by atoms with Crippen LogP contribution in [0.15, 0.2) is 36.5 Å². The molecule has 0 radical (unpaired) electrons. The third-order valence-electron chi connectivity index (χ3n) is 5.75. The highest BCUT2D eigenvalue weighted by Gasteiger charge is 2.75. The Balaban J connectivity index is 2.00. The first-order valence-corrected chi connectivity index (χ1v) is 11.4. The van der Waals surface area contributed by atoms with Crippen molar-refractivity contribution in [3.63, 3.8) is 0 Å². The highest BCUT2D eigenvalue weighted by Crippen LogP contribution is 2.55. The van der Waals surface area contributed by atoms with Crippen LogP contribution >= 0.6 is 11.6 Å². The second-order valence-electron chi connectivity index (χ2n) is 9.13. The maximum atomic E-state index is 14.8. The van der Waals surface area contributed by atoms with E-state index >= 15 is 0 Å². The summed E-state index contributed by atoms with van der Waals surface area (Å²) in [4.78, 5) is 12.6. The Morgan fingerprint density at radius 2 is 1.71 bits per heavy atom. The molecule has 1 fully saturated rings. The van der Waals surface area contributed by atoms with Crippen molar-refractivity contribution in [1.82, 2.24) is 9.88 Å². The Bertz CT molecular complexity index is 1300. The van der Waals surface area contributed by atoms with Gasteiger partial charge in [0.2, 0.25) is 0 Å². The smallest absolute Gasteiger partial charge is 0.347 e. The van der Waals surface area contributed by atoms with Gasteiger partial charge in [0.05, 0.1) is 22.3 Å². The van der Waals surface area contributed by atoms with Crippen molar-refractivity contribution in [2.75, 3.05) is 5.32 Å². The number of allylic oxidation sites excluding steroid dienone is 1. The van der Waals surface area contributed by atoms with Gasteiger partial charge in [-0.3, -0.25) is 4.79 Å². The Kier molecular flexibility index (Phi) is 7.62. The molecule has 38 heavy (non-hydrogen) atoms. The number of halogens is 8. The molecular formula is C24H21ClF7N5O. The SMILES string of the molecule is CC(C)(C#N)NC(=O)c1cc(/C(C=N)=C/Nc2ccc(C(F)(C(F)(F)F)C(F)(F)F)n2C2CC2)ccc1Cl. The molecule has 6 nitrogen and oxygen atoms in total. The van der Waals surface area contributed by atoms with Gasteiger partial charge in [0, 0.05) is 24.0 Å². The van der Waals surface area contributed by atoms with Gasteiger partial charge in [-0.05, 0) is 56.5 Å². The van der Waals surface area contributed by atoms with E-state index in [1.165, 1.54) is 32.0 Å². The van der Waals surface area contributed by atoms with Crippen molar-refractivity contribution in [2.24, 2.45) is 0 Å². The van der Waals surface area contributed by atoms with Gasteiger partial charge in [0.15, 0.2) is 0 Å². The van der Waals surface area contributed by atoms with Gasteiger partial charge in [-0.1, -0.05) is 17.7 Å². The number of aromatic nitrogens is 1. The van der Waals surface area contributed by atoms with E-state index in [2.05, 4.69) is 10.6 Å². The molecule has 1 saturated carbocycles. The summed E-state index contributed by atoms with van der Waals surface area (Å²) in [5.41, 5.74) is -8.14. The number of alkyl halides is 7. The van der Waals surface area contributed by atoms with Gasteiger partial charge >= 0.3 is 18.0 Å². The van der Waals surface area contributed by atoms with Crippen LogP contribution in [0.2, 0.25) is 5.02 Å². The van der Waals surface area contributed by atoms with Crippen LogP contribution in [0.4, 0.5) is 36.6 Å². The van der Waals surface area contributed by atoms with E-state index < -0.39 is 41.2 Å². The number of nitrogens with zero attached hydrogens (tertiary/aromatic N) is 2. The van der Waals surface area contributed by atoms with Gasteiger partial charge in [-0.25, -0.2) is 4.39 Å². The summed E-state index contributed by atoms with van der Waals surface area (Å²) in [6.07, 6.45) is -10.1. The second kappa shape index (κ2) is 9.98. The molecule has 0 bridgehead atoms. The average molecular weight is 564 g/mol. The Labute approximate surface area is 217 Å². The molecule has 204 valence electrons.